The van der Waals surface area contributed by atoms with E-state index in [9.17, 15) is 14.9 Å². The van der Waals surface area contributed by atoms with Crippen LogP contribution in [-0.4, -0.2) is 23.5 Å². The first kappa shape index (κ1) is 10.7. The molecule has 14 heavy (non-hydrogen) atoms. The molecular weight excluding hydrogens is 186 g/mol. The van der Waals surface area contributed by atoms with Gasteiger partial charge in [0.05, 0.1) is 11.8 Å². The van der Waals surface area contributed by atoms with Gasteiger partial charge in [0.2, 0.25) is 6.54 Å². The van der Waals surface area contributed by atoms with Crippen molar-refractivity contribution >= 4 is 5.97 Å². The molecule has 1 rings (SSSR count). The van der Waals surface area contributed by atoms with E-state index < -0.39 is 4.92 Å². The van der Waals surface area contributed by atoms with Gasteiger partial charge in [0.25, 0.3) is 0 Å². The van der Waals surface area contributed by atoms with Crippen molar-refractivity contribution in [3.05, 3.63) is 22.8 Å². The summed E-state index contributed by atoms with van der Waals surface area (Å²) in [5.74, 6) is -1.05. The first-order valence-corrected chi connectivity index (χ1v) is 4.49. The molecule has 1 fully saturated rings. The van der Waals surface area contributed by atoms with Crippen molar-refractivity contribution in [1.82, 2.24) is 0 Å². The lowest BCUT2D eigenvalue weighted by molar-refractivity contribution is -0.490. The molecular formula is C9H13NO4. The van der Waals surface area contributed by atoms with E-state index in [4.69, 9.17) is 4.74 Å². The molecule has 78 valence electrons. The molecule has 3 atom stereocenters. The first-order valence-electron chi connectivity index (χ1n) is 4.49. The smallest absolute Gasteiger partial charge is 0.309 e. The van der Waals surface area contributed by atoms with E-state index in [-0.39, 0.29) is 30.5 Å². The highest BCUT2D eigenvalue weighted by molar-refractivity contribution is 5.74. The van der Waals surface area contributed by atoms with E-state index in [0.717, 1.165) is 0 Å². The van der Waals surface area contributed by atoms with Gasteiger partial charge in [-0.05, 0) is 0 Å². The van der Waals surface area contributed by atoms with Gasteiger partial charge in [-0.1, -0.05) is 13.0 Å². The molecule has 0 bridgehead atoms. The maximum atomic E-state index is 11.2. The van der Waals surface area contributed by atoms with Gasteiger partial charge >= 0.3 is 5.97 Å². The van der Waals surface area contributed by atoms with Crippen molar-refractivity contribution in [3.8, 4) is 0 Å². The molecule has 0 amide bonds. The Kier molecular flexibility index (Phi) is 3.22. The van der Waals surface area contributed by atoms with E-state index in [1.807, 2.05) is 0 Å². The van der Waals surface area contributed by atoms with E-state index in [0.29, 0.717) is 6.42 Å². The average Bonchev–Trinajstić information content (AvgIpc) is 2.33. The van der Waals surface area contributed by atoms with Crippen LogP contribution in [-0.2, 0) is 9.53 Å². The van der Waals surface area contributed by atoms with Gasteiger partial charge in [0, 0.05) is 11.3 Å². The Morgan fingerprint density at radius 3 is 2.86 bits per heavy atom. The molecule has 0 unspecified atom stereocenters. The number of nitro groups is 1. The van der Waals surface area contributed by atoms with E-state index in [2.05, 4.69) is 6.58 Å². The van der Waals surface area contributed by atoms with Crippen LogP contribution in [0.1, 0.15) is 13.3 Å². The number of rotatable bonds is 4. The monoisotopic (exact) mass is 199 g/mol. The number of esters is 1. The van der Waals surface area contributed by atoms with Crippen LogP contribution >= 0.6 is 0 Å². The Morgan fingerprint density at radius 2 is 2.36 bits per heavy atom. The first-order chi connectivity index (χ1) is 6.56. The maximum absolute atomic E-state index is 11.2. The van der Waals surface area contributed by atoms with Gasteiger partial charge in [-0.25, -0.2) is 0 Å². The fourth-order valence-corrected chi connectivity index (χ4v) is 1.68. The molecule has 0 aromatic heterocycles. The predicted octanol–water partition coefficient (Wildman–Crippen LogP) is 1.02. The van der Waals surface area contributed by atoms with Crippen LogP contribution in [0.2, 0.25) is 0 Å². The topological polar surface area (TPSA) is 69.4 Å². The molecule has 0 spiro atoms. The summed E-state index contributed by atoms with van der Waals surface area (Å²) in [5.41, 5.74) is 0. The molecule has 1 saturated heterocycles. The fourth-order valence-electron chi connectivity index (χ4n) is 1.68. The zero-order valence-electron chi connectivity index (χ0n) is 8.01. The highest BCUT2D eigenvalue weighted by Crippen LogP contribution is 2.30. The Hall–Kier alpha value is -1.39. The Morgan fingerprint density at radius 1 is 1.71 bits per heavy atom. The van der Waals surface area contributed by atoms with Crippen LogP contribution in [0, 0.1) is 22.0 Å². The lowest BCUT2D eigenvalue weighted by Crippen LogP contribution is -2.26. The third-order valence-electron chi connectivity index (χ3n) is 2.52. The Bertz CT molecular complexity index is 264. The summed E-state index contributed by atoms with van der Waals surface area (Å²) in [6, 6.07) is 0. The zero-order valence-corrected chi connectivity index (χ0v) is 8.01. The quantitative estimate of drug-likeness (QED) is 0.293. The van der Waals surface area contributed by atoms with E-state index in [1.165, 1.54) is 0 Å². The van der Waals surface area contributed by atoms with Crippen LogP contribution in [0.25, 0.3) is 0 Å². The van der Waals surface area contributed by atoms with Crippen molar-refractivity contribution in [2.24, 2.45) is 11.8 Å². The maximum Gasteiger partial charge on any atom is 0.309 e. The van der Waals surface area contributed by atoms with Gasteiger partial charge < -0.3 is 4.74 Å². The summed E-state index contributed by atoms with van der Waals surface area (Å²) in [6.07, 6.45) is 1.72. The Labute approximate surface area is 81.9 Å². The highest BCUT2D eigenvalue weighted by Gasteiger charge is 2.43. The Balaban J connectivity index is 2.70. The van der Waals surface area contributed by atoms with Crippen LogP contribution < -0.4 is 0 Å². The summed E-state index contributed by atoms with van der Waals surface area (Å²) in [6.45, 7) is 4.98. The molecule has 1 aliphatic heterocycles. The zero-order chi connectivity index (χ0) is 10.7. The molecule has 0 aromatic rings. The lowest BCUT2D eigenvalue weighted by atomic mass is 9.90. The number of hydrogen-bond donors (Lipinski definition) is 0. The minimum Gasteiger partial charge on any atom is -0.461 e. The van der Waals surface area contributed by atoms with Gasteiger partial charge in [0.15, 0.2) is 0 Å². The van der Waals surface area contributed by atoms with Crippen LogP contribution in [0.4, 0.5) is 0 Å². The van der Waals surface area contributed by atoms with Crippen LogP contribution in [0.15, 0.2) is 12.7 Å². The lowest BCUT2D eigenvalue weighted by Gasteiger charge is -2.13. The number of ether oxygens (including phenoxy) is 1. The standard InChI is InChI=1S/C9H13NO4/c1-3-4-8-7(5-10(12)13)6(2)9(11)14-8/h3,6-8H,1,4-5H2,2H3/t6-,7-,8+/m1/s1. The number of carbonyl (C=O) groups excluding carboxylic acids is 1. The highest BCUT2D eigenvalue weighted by atomic mass is 16.6. The molecule has 0 saturated carbocycles. The SMILES string of the molecule is C=CC[C@@H]1OC(=O)[C@H](C)[C@H]1C[N+](=O)[O-]. The number of cyclic esters (lactones) is 1. The summed E-state index contributed by atoms with van der Waals surface area (Å²) in [7, 11) is 0. The minimum absolute atomic E-state index is 0.217. The molecule has 5 nitrogen and oxygen atoms in total. The van der Waals surface area contributed by atoms with Crippen molar-refractivity contribution in [2.45, 2.75) is 19.4 Å². The van der Waals surface area contributed by atoms with Gasteiger partial charge in [-0.3, -0.25) is 14.9 Å². The van der Waals surface area contributed by atoms with Gasteiger partial charge in [-0.15, -0.1) is 6.58 Å². The molecule has 1 heterocycles. The van der Waals surface area contributed by atoms with Crippen LogP contribution in [0.5, 0.6) is 0 Å². The molecule has 1 aliphatic rings. The normalized spacial score (nSPS) is 31.2. The molecule has 0 radical (unpaired) electrons. The largest absolute Gasteiger partial charge is 0.461 e. The fraction of sp³-hybridized carbons (Fsp3) is 0.667. The summed E-state index contributed by atoms with van der Waals surface area (Å²) < 4.78 is 5.01. The molecule has 5 heteroatoms. The number of nitrogens with zero attached hydrogens (tertiary/aromatic N) is 1. The predicted molar refractivity (Wildman–Crippen MR) is 49.2 cm³/mol. The van der Waals surface area contributed by atoms with E-state index in [1.54, 1.807) is 13.0 Å². The third-order valence-corrected chi connectivity index (χ3v) is 2.52. The van der Waals surface area contributed by atoms with Crippen molar-refractivity contribution < 1.29 is 14.5 Å². The minimum atomic E-state index is -0.404. The third kappa shape index (κ3) is 2.10. The van der Waals surface area contributed by atoms with Gasteiger partial charge in [0.1, 0.15) is 6.10 Å². The van der Waals surface area contributed by atoms with Crippen molar-refractivity contribution in [2.75, 3.05) is 6.54 Å². The van der Waals surface area contributed by atoms with Gasteiger partial charge in [-0.2, -0.15) is 0 Å². The molecule has 0 N–H and O–H groups in total. The molecule has 0 aliphatic carbocycles. The number of hydrogen-bond acceptors (Lipinski definition) is 4. The van der Waals surface area contributed by atoms with Crippen molar-refractivity contribution in [1.29, 1.82) is 0 Å². The second-order valence-electron chi connectivity index (χ2n) is 3.47. The van der Waals surface area contributed by atoms with Crippen LogP contribution in [0.3, 0.4) is 0 Å². The summed E-state index contributed by atoms with van der Waals surface area (Å²) >= 11 is 0. The average molecular weight is 199 g/mol. The van der Waals surface area contributed by atoms with Crippen molar-refractivity contribution in [3.63, 3.8) is 0 Å². The second-order valence-corrected chi connectivity index (χ2v) is 3.47. The summed E-state index contributed by atoms with van der Waals surface area (Å²) in [4.78, 5) is 21.1. The van der Waals surface area contributed by atoms with E-state index >= 15 is 0 Å². The second kappa shape index (κ2) is 4.21. The summed E-state index contributed by atoms with van der Waals surface area (Å²) in [5, 5.41) is 10.4. The molecule has 0 aromatic carbocycles. The number of carbonyl (C=O) groups is 1.